The van der Waals surface area contributed by atoms with Crippen LogP contribution in [0.3, 0.4) is 0 Å². The van der Waals surface area contributed by atoms with Gasteiger partial charge in [0, 0.05) is 11.6 Å². The van der Waals surface area contributed by atoms with E-state index in [0.29, 0.717) is 0 Å². The summed E-state index contributed by atoms with van der Waals surface area (Å²) in [7, 11) is 0. The molecule has 0 radical (unpaired) electrons. The number of para-hydroxylation sites is 1. The van der Waals surface area contributed by atoms with Crippen LogP contribution in [0.2, 0.25) is 0 Å². The van der Waals surface area contributed by atoms with Crippen LogP contribution >= 0.6 is 0 Å². The van der Waals surface area contributed by atoms with Crippen LogP contribution < -0.4 is 0 Å². The Labute approximate surface area is 102 Å². The summed E-state index contributed by atoms with van der Waals surface area (Å²) in [6.07, 6.45) is 3.00. The summed E-state index contributed by atoms with van der Waals surface area (Å²) in [5, 5.41) is 0. The molecule has 17 heavy (non-hydrogen) atoms. The molecule has 3 rings (SSSR count). The van der Waals surface area contributed by atoms with E-state index in [1.807, 2.05) is 12.3 Å². The van der Waals surface area contributed by atoms with Gasteiger partial charge in [-0.1, -0.05) is 55.5 Å². The molecule has 0 N–H and O–H groups in total. The molecule has 1 unspecified atom stereocenters. The molecule has 1 aliphatic heterocycles. The van der Waals surface area contributed by atoms with E-state index in [0.717, 1.165) is 12.1 Å². The standard InChI is InChI=1S/C16H15N/c1-16(13-7-3-2-4-8-13)11-12-17-15-10-6-5-9-14(15)16/h2-10,12H,11H2,1H3. The van der Waals surface area contributed by atoms with E-state index < -0.39 is 0 Å². The first-order valence-corrected chi connectivity index (χ1v) is 5.98. The number of fused-ring (bicyclic) bond motifs is 1. The van der Waals surface area contributed by atoms with E-state index in [4.69, 9.17) is 0 Å². The summed E-state index contributed by atoms with van der Waals surface area (Å²) in [6.45, 7) is 2.30. The van der Waals surface area contributed by atoms with Gasteiger partial charge < -0.3 is 0 Å². The molecule has 0 spiro atoms. The van der Waals surface area contributed by atoms with Gasteiger partial charge in [-0.05, 0) is 23.6 Å². The van der Waals surface area contributed by atoms with Gasteiger partial charge in [0.1, 0.15) is 0 Å². The fourth-order valence-electron chi connectivity index (χ4n) is 2.57. The lowest BCUT2D eigenvalue weighted by atomic mass is 9.72. The topological polar surface area (TPSA) is 12.4 Å². The normalized spacial score (nSPS) is 22.2. The van der Waals surface area contributed by atoms with Crippen molar-refractivity contribution in [2.24, 2.45) is 4.99 Å². The zero-order valence-corrected chi connectivity index (χ0v) is 9.93. The predicted octanol–water partition coefficient (Wildman–Crippen LogP) is 4.10. The third-order valence-electron chi connectivity index (χ3n) is 3.64. The van der Waals surface area contributed by atoms with Gasteiger partial charge in [0.25, 0.3) is 0 Å². The Morgan fingerprint density at radius 1 is 0.941 bits per heavy atom. The largest absolute Gasteiger partial charge is 0.261 e. The van der Waals surface area contributed by atoms with Crippen LogP contribution in [-0.2, 0) is 5.41 Å². The second kappa shape index (κ2) is 3.85. The van der Waals surface area contributed by atoms with Gasteiger partial charge in [-0.25, -0.2) is 0 Å². The Bertz CT molecular complexity index is 557. The second-order valence-electron chi connectivity index (χ2n) is 4.73. The van der Waals surface area contributed by atoms with Crippen LogP contribution in [0.4, 0.5) is 5.69 Å². The van der Waals surface area contributed by atoms with Crippen molar-refractivity contribution in [3.8, 4) is 0 Å². The predicted molar refractivity (Wildman–Crippen MR) is 72.1 cm³/mol. The number of aliphatic imine (C=N–C) groups is 1. The summed E-state index contributed by atoms with van der Waals surface area (Å²) in [5.74, 6) is 0. The van der Waals surface area contributed by atoms with E-state index in [1.165, 1.54) is 11.1 Å². The van der Waals surface area contributed by atoms with Gasteiger partial charge in [-0.3, -0.25) is 4.99 Å². The maximum Gasteiger partial charge on any atom is 0.0666 e. The molecule has 1 nitrogen and oxygen atoms in total. The highest BCUT2D eigenvalue weighted by Crippen LogP contribution is 2.42. The molecule has 1 aliphatic rings. The molecule has 0 saturated heterocycles. The first-order valence-electron chi connectivity index (χ1n) is 5.98. The highest BCUT2D eigenvalue weighted by molar-refractivity contribution is 5.73. The van der Waals surface area contributed by atoms with Crippen molar-refractivity contribution in [1.82, 2.24) is 0 Å². The fraction of sp³-hybridized carbons (Fsp3) is 0.188. The molecule has 1 atom stereocenters. The monoisotopic (exact) mass is 221 g/mol. The van der Waals surface area contributed by atoms with E-state index in [9.17, 15) is 0 Å². The molecule has 0 saturated carbocycles. The third-order valence-corrected chi connectivity index (χ3v) is 3.64. The molecule has 1 heteroatoms. The number of rotatable bonds is 1. The van der Waals surface area contributed by atoms with Gasteiger partial charge in [-0.2, -0.15) is 0 Å². The summed E-state index contributed by atoms with van der Waals surface area (Å²) in [6, 6.07) is 19.1. The zero-order valence-electron chi connectivity index (χ0n) is 9.93. The fourth-order valence-corrected chi connectivity index (χ4v) is 2.57. The maximum absolute atomic E-state index is 4.49. The Hall–Kier alpha value is -1.89. The third kappa shape index (κ3) is 1.59. The lowest BCUT2D eigenvalue weighted by Crippen LogP contribution is -2.26. The van der Waals surface area contributed by atoms with E-state index in [-0.39, 0.29) is 5.41 Å². The molecule has 0 bridgehead atoms. The molecule has 84 valence electrons. The van der Waals surface area contributed by atoms with Gasteiger partial charge in [0.15, 0.2) is 0 Å². The van der Waals surface area contributed by atoms with E-state index in [1.54, 1.807) is 0 Å². The van der Waals surface area contributed by atoms with Crippen LogP contribution in [0.25, 0.3) is 0 Å². The highest BCUT2D eigenvalue weighted by Gasteiger charge is 2.31. The lowest BCUT2D eigenvalue weighted by molar-refractivity contribution is 0.596. The van der Waals surface area contributed by atoms with Crippen LogP contribution in [0.15, 0.2) is 59.6 Å². The number of hydrogen-bond acceptors (Lipinski definition) is 1. The van der Waals surface area contributed by atoms with Crippen molar-refractivity contribution in [3.63, 3.8) is 0 Å². The maximum atomic E-state index is 4.49. The van der Waals surface area contributed by atoms with Crippen LogP contribution in [0, 0.1) is 0 Å². The molecule has 0 fully saturated rings. The first-order chi connectivity index (χ1) is 8.31. The average Bonchev–Trinajstić information content (AvgIpc) is 2.40. The quantitative estimate of drug-likeness (QED) is 0.687. The van der Waals surface area contributed by atoms with Crippen molar-refractivity contribution < 1.29 is 0 Å². The van der Waals surface area contributed by atoms with E-state index in [2.05, 4.69) is 60.4 Å². The zero-order chi connectivity index (χ0) is 11.7. The number of nitrogens with zero attached hydrogens (tertiary/aromatic N) is 1. The van der Waals surface area contributed by atoms with Crippen molar-refractivity contribution in [1.29, 1.82) is 0 Å². The van der Waals surface area contributed by atoms with Crippen LogP contribution in [0.1, 0.15) is 24.5 Å². The molecule has 1 heterocycles. The molecular weight excluding hydrogens is 206 g/mol. The highest BCUT2D eigenvalue weighted by atomic mass is 14.7. The van der Waals surface area contributed by atoms with Crippen LogP contribution in [0.5, 0.6) is 0 Å². The van der Waals surface area contributed by atoms with Crippen LogP contribution in [-0.4, -0.2) is 6.21 Å². The minimum Gasteiger partial charge on any atom is -0.261 e. The minimum atomic E-state index is 0.0552. The molecule has 2 aromatic carbocycles. The lowest BCUT2D eigenvalue weighted by Gasteiger charge is -2.33. The summed E-state index contributed by atoms with van der Waals surface area (Å²) in [4.78, 5) is 4.49. The Morgan fingerprint density at radius 2 is 1.65 bits per heavy atom. The second-order valence-corrected chi connectivity index (χ2v) is 4.73. The Balaban J connectivity index is 2.19. The van der Waals surface area contributed by atoms with Crippen molar-refractivity contribution in [2.45, 2.75) is 18.8 Å². The van der Waals surface area contributed by atoms with Crippen molar-refractivity contribution in [3.05, 3.63) is 65.7 Å². The SMILES string of the molecule is CC1(c2ccccc2)CC=Nc2ccccc21. The number of benzene rings is 2. The first kappa shape index (κ1) is 10.3. The molecule has 0 amide bonds. The van der Waals surface area contributed by atoms with Crippen molar-refractivity contribution >= 4 is 11.9 Å². The van der Waals surface area contributed by atoms with Gasteiger partial charge >= 0.3 is 0 Å². The van der Waals surface area contributed by atoms with Gasteiger partial charge in [-0.15, -0.1) is 0 Å². The molecular formula is C16H15N. The number of hydrogen-bond donors (Lipinski definition) is 0. The average molecular weight is 221 g/mol. The molecule has 0 aliphatic carbocycles. The van der Waals surface area contributed by atoms with Crippen molar-refractivity contribution in [2.75, 3.05) is 0 Å². The minimum absolute atomic E-state index is 0.0552. The van der Waals surface area contributed by atoms with Gasteiger partial charge in [0.05, 0.1) is 5.69 Å². The Morgan fingerprint density at radius 3 is 2.47 bits per heavy atom. The molecule has 0 aromatic heterocycles. The smallest absolute Gasteiger partial charge is 0.0666 e. The Kier molecular flexibility index (Phi) is 2.32. The molecule has 2 aromatic rings. The summed E-state index contributed by atoms with van der Waals surface area (Å²) >= 11 is 0. The summed E-state index contributed by atoms with van der Waals surface area (Å²) < 4.78 is 0. The van der Waals surface area contributed by atoms with E-state index >= 15 is 0 Å². The van der Waals surface area contributed by atoms with Gasteiger partial charge in [0.2, 0.25) is 0 Å². The summed E-state index contributed by atoms with van der Waals surface area (Å²) in [5.41, 5.74) is 3.84.